The van der Waals surface area contributed by atoms with E-state index in [9.17, 15) is 9.18 Å². The Morgan fingerprint density at radius 1 is 1.11 bits per heavy atom. The number of halogens is 2. The second-order valence-electron chi connectivity index (χ2n) is 8.07. The molecule has 37 heavy (non-hydrogen) atoms. The molecule has 0 radical (unpaired) electrons. The maximum absolute atomic E-state index is 14.1. The number of ether oxygens (including phenoxy) is 2. The minimum Gasteiger partial charge on any atom is -0.490 e. The van der Waals surface area contributed by atoms with Crippen LogP contribution >= 0.6 is 27.7 Å². The fourth-order valence-electron chi connectivity index (χ4n) is 3.92. The van der Waals surface area contributed by atoms with E-state index in [0.717, 1.165) is 11.3 Å². The molecule has 0 fully saturated rings. The highest BCUT2D eigenvalue weighted by molar-refractivity contribution is 9.10. The van der Waals surface area contributed by atoms with Gasteiger partial charge in [-0.3, -0.25) is 15.1 Å². The number of nitrogens with one attached hydrogen (secondary N) is 1. The molecular weight excluding hydrogens is 557 g/mol. The molecule has 3 aromatic carbocycles. The van der Waals surface area contributed by atoms with Crippen molar-refractivity contribution >= 4 is 56.4 Å². The standard InChI is InChI=1S/C28H21BrFN3O3S/c1-2-35-24-14-17(13-21(29)25(24)36-15-19-10-6-7-11-22(19)30)12-20-26(31)33-23(18-8-4-3-5-9-18)16-37-28(33)32-27(20)34/h3-14,16,31H,2,15H2,1H3. The van der Waals surface area contributed by atoms with Gasteiger partial charge in [0.05, 0.1) is 22.3 Å². The van der Waals surface area contributed by atoms with Crippen LogP contribution in [0.5, 0.6) is 11.5 Å². The summed E-state index contributed by atoms with van der Waals surface area (Å²) in [6.45, 7) is 2.24. The second kappa shape index (κ2) is 10.7. The molecule has 5 rings (SSSR count). The molecule has 186 valence electrons. The first-order valence-corrected chi connectivity index (χ1v) is 13.1. The molecule has 0 unspecified atom stereocenters. The van der Waals surface area contributed by atoms with Gasteiger partial charge < -0.3 is 9.47 Å². The summed E-state index contributed by atoms with van der Waals surface area (Å²) in [6, 6.07) is 19.6. The number of fused-ring (bicyclic) bond motifs is 1. The maximum atomic E-state index is 14.1. The Kier molecular flexibility index (Phi) is 7.25. The van der Waals surface area contributed by atoms with E-state index >= 15 is 0 Å². The van der Waals surface area contributed by atoms with Crippen molar-refractivity contribution in [3.63, 3.8) is 0 Å². The Morgan fingerprint density at radius 3 is 2.62 bits per heavy atom. The number of amides is 1. The highest BCUT2D eigenvalue weighted by Gasteiger charge is 2.36. The van der Waals surface area contributed by atoms with Crippen molar-refractivity contribution in [2.75, 3.05) is 6.61 Å². The number of benzene rings is 3. The van der Waals surface area contributed by atoms with Crippen molar-refractivity contribution in [3.8, 4) is 11.5 Å². The van der Waals surface area contributed by atoms with Crippen LogP contribution in [0.4, 0.5) is 4.39 Å². The van der Waals surface area contributed by atoms with Gasteiger partial charge in [0.1, 0.15) is 18.3 Å². The van der Waals surface area contributed by atoms with Crippen LogP contribution in [-0.2, 0) is 11.4 Å². The summed E-state index contributed by atoms with van der Waals surface area (Å²) in [7, 11) is 0. The highest BCUT2D eigenvalue weighted by Crippen LogP contribution is 2.40. The Bertz CT molecular complexity index is 1490. The van der Waals surface area contributed by atoms with Crippen molar-refractivity contribution in [1.82, 2.24) is 4.90 Å². The summed E-state index contributed by atoms with van der Waals surface area (Å²) in [5.74, 6) is 0.0594. The summed E-state index contributed by atoms with van der Waals surface area (Å²) in [6.07, 6.45) is 1.62. The number of hydrogen-bond acceptors (Lipinski definition) is 5. The van der Waals surface area contributed by atoms with Crippen LogP contribution in [0.3, 0.4) is 0 Å². The molecule has 1 N–H and O–H groups in total. The van der Waals surface area contributed by atoms with Crippen LogP contribution < -0.4 is 9.47 Å². The zero-order valence-electron chi connectivity index (χ0n) is 19.7. The first-order valence-electron chi connectivity index (χ1n) is 11.4. The third kappa shape index (κ3) is 5.10. The van der Waals surface area contributed by atoms with E-state index in [0.29, 0.717) is 38.9 Å². The summed E-state index contributed by atoms with van der Waals surface area (Å²) >= 11 is 4.84. The number of rotatable bonds is 7. The zero-order chi connectivity index (χ0) is 25.9. The van der Waals surface area contributed by atoms with Gasteiger partial charge in [0.2, 0.25) is 0 Å². The lowest BCUT2D eigenvalue weighted by Gasteiger charge is -2.27. The van der Waals surface area contributed by atoms with E-state index in [-0.39, 0.29) is 23.8 Å². The number of aliphatic imine (C=N–C) groups is 1. The molecule has 0 atom stereocenters. The largest absolute Gasteiger partial charge is 0.490 e. The van der Waals surface area contributed by atoms with Crippen LogP contribution in [0, 0.1) is 11.2 Å². The monoisotopic (exact) mass is 577 g/mol. The molecule has 2 heterocycles. The summed E-state index contributed by atoms with van der Waals surface area (Å²) in [5.41, 5.74) is 2.92. The molecule has 0 bridgehead atoms. The van der Waals surface area contributed by atoms with E-state index in [1.165, 1.54) is 17.8 Å². The molecule has 0 saturated heterocycles. The molecule has 2 aliphatic rings. The molecule has 0 spiro atoms. The topological polar surface area (TPSA) is 75.0 Å². The average molecular weight is 578 g/mol. The number of thioether (sulfide) groups is 1. The molecule has 6 nitrogen and oxygen atoms in total. The van der Waals surface area contributed by atoms with E-state index in [2.05, 4.69) is 20.9 Å². The van der Waals surface area contributed by atoms with Gasteiger partial charge in [-0.1, -0.05) is 60.3 Å². The number of nitrogens with zero attached hydrogens (tertiary/aromatic N) is 2. The molecule has 2 aliphatic heterocycles. The predicted octanol–water partition coefficient (Wildman–Crippen LogP) is 6.87. The van der Waals surface area contributed by atoms with Crippen molar-refractivity contribution in [2.24, 2.45) is 4.99 Å². The van der Waals surface area contributed by atoms with Gasteiger partial charge >= 0.3 is 0 Å². The van der Waals surface area contributed by atoms with Gasteiger partial charge in [0.15, 0.2) is 16.7 Å². The quantitative estimate of drug-likeness (QED) is 0.310. The van der Waals surface area contributed by atoms with Crippen LogP contribution in [0.25, 0.3) is 11.8 Å². The zero-order valence-corrected chi connectivity index (χ0v) is 22.1. The van der Waals surface area contributed by atoms with Gasteiger partial charge in [-0.05, 0) is 58.3 Å². The lowest BCUT2D eigenvalue weighted by atomic mass is 10.1. The van der Waals surface area contributed by atoms with E-state index < -0.39 is 5.91 Å². The lowest BCUT2D eigenvalue weighted by Crippen LogP contribution is -2.38. The minimum absolute atomic E-state index is 0.0215. The van der Waals surface area contributed by atoms with Gasteiger partial charge in [0.25, 0.3) is 5.91 Å². The van der Waals surface area contributed by atoms with E-state index in [4.69, 9.17) is 14.9 Å². The van der Waals surface area contributed by atoms with Crippen LogP contribution in [0.1, 0.15) is 23.6 Å². The third-order valence-electron chi connectivity index (χ3n) is 5.66. The first-order chi connectivity index (χ1) is 18.0. The average Bonchev–Trinajstić information content (AvgIpc) is 3.31. The van der Waals surface area contributed by atoms with E-state index in [1.807, 2.05) is 42.7 Å². The predicted molar refractivity (Wildman–Crippen MR) is 148 cm³/mol. The molecule has 0 saturated carbocycles. The minimum atomic E-state index is -0.486. The summed E-state index contributed by atoms with van der Waals surface area (Å²) in [4.78, 5) is 18.8. The van der Waals surface area contributed by atoms with Crippen molar-refractivity contribution < 1.29 is 18.7 Å². The molecule has 1 amide bonds. The Hall–Kier alpha value is -3.69. The molecule has 0 aliphatic carbocycles. The number of carbonyl (C=O) groups is 1. The van der Waals surface area contributed by atoms with Gasteiger partial charge in [-0.25, -0.2) is 4.39 Å². The summed E-state index contributed by atoms with van der Waals surface area (Å²) < 4.78 is 26.3. The van der Waals surface area contributed by atoms with Gasteiger partial charge in [-0.2, -0.15) is 4.99 Å². The van der Waals surface area contributed by atoms with E-state index in [1.54, 1.807) is 41.3 Å². The Labute approximate surface area is 226 Å². The Morgan fingerprint density at radius 2 is 1.86 bits per heavy atom. The van der Waals surface area contributed by atoms with Gasteiger partial charge in [-0.15, -0.1) is 0 Å². The Balaban J connectivity index is 1.46. The summed E-state index contributed by atoms with van der Waals surface area (Å²) in [5, 5.41) is 11.2. The van der Waals surface area contributed by atoms with Crippen LogP contribution in [0.2, 0.25) is 0 Å². The fourth-order valence-corrected chi connectivity index (χ4v) is 5.38. The SMILES string of the molecule is CCOc1cc(C=C2C(=N)N3C(c4ccccc4)=CSC3=NC2=O)cc(Br)c1OCc1ccccc1F. The number of hydrogen-bond donors (Lipinski definition) is 1. The number of carbonyl (C=O) groups excluding carboxylic acids is 1. The van der Waals surface area contributed by atoms with Crippen molar-refractivity contribution in [1.29, 1.82) is 5.41 Å². The van der Waals surface area contributed by atoms with Crippen LogP contribution in [0.15, 0.2) is 87.2 Å². The van der Waals surface area contributed by atoms with Crippen LogP contribution in [-0.4, -0.2) is 28.4 Å². The maximum Gasteiger partial charge on any atom is 0.283 e. The molecule has 0 aromatic heterocycles. The molecule has 9 heteroatoms. The highest BCUT2D eigenvalue weighted by atomic mass is 79.9. The lowest BCUT2D eigenvalue weighted by molar-refractivity contribution is -0.114. The first kappa shape index (κ1) is 25.0. The third-order valence-corrected chi connectivity index (χ3v) is 7.07. The normalized spacial score (nSPS) is 16.0. The molecular formula is C28H21BrFN3O3S. The smallest absolute Gasteiger partial charge is 0.283 e. The number of amidine groups is 2. The fraction of sp³-hybridized carbons (Fsp3) is 0.107. The molecule has 3 aromatic rings. The van der Waals surface area contributed by atoms with Crippen molar-refractivity contribution in [2.45, 2.75) is 13.5 Å². The van der Waals surface area contributed by atoms with Gasteiger partial charge in [0, 0.05) is 11.0 Å². The van der Waals surface area contributed by atoms with Crippen molar-refractivity contribution in [3.05, 3.63) is 105 Å². The second-order valence-corrected chi connectivity index (χ2v) is 9.76.